The average molecular weight is 710 g/mol. The summed E-state index contributed by atoms with van der Waals surface area (Å²) >= 11 is 0. The van der Waals surface area contributed by atoms with Crippen molar-refractivity contribution >= 4 is 40.4 Å². The second-order valence-corrected chi connectivity index (χ2v) is 14.6. The molecule has 0 spiro atoms. The number of nitrogens with zero attached hydrogens (tertiary/aromatic N) is 1. The third-order valence-electron chi connectivity index (χ3n) is 10.6. The van der Waals surface area contributed by atoms with E-state index in [2.05, 4.69) is 219 Å². The molecule has 0 aromatic heterocycles. The van der Waals surface area contributed by atoms with Crippen molar-refractivity contribution < 1.29 is 0 Å². The first-order valence-electron chi connectivity index (χ1n) is 19.5. The highest BCUT2D eigenvalue weighted by atomic mass is 15.1. The highest BCUT2D eigenvalue weighted by Crippen LogP contribution is 2.38. The van der Waals surface area contributed by atoms with Crippen LogP contribution in [0.2, 0.25) is 0 Å². The van der Waals surface area contributed by atoms with Crippen LogP contribution in [0.1, 0.15) is 68.5 Å². The van der Waals surface area contributed by atoms with Crippen molar-refractivity contribution in [2.24, 2.45) is 0 Å². The fourth-order valence-electron chi connectivity index (χ4n) is 7.61. The maximum Gasteiger partial charge on any atom is 0.0467 e. The van der Waals surface area contributed by atoms with E-state index < -0.39 is 0 Å². The SMILES string of the molecule is Cc1ccc(C(=Cc2cccc(N(c3ccc(/C=C/C=C(c4ccccc4)c4ccccc4)cc3)c3ccc4c(c3)CCCC4)c2)c2ccc(C)cc2)cc1. The Morgan fingerprint density at radius 2 is 0.982 bits per heavy atom. The van der Waals surface area contributed by atoms with Crippen LogP contribution >= 0.6 is 0 Å². The lowest BCUT2D eigenvalue weighted by Gasteiger charge is -2.28. The molecule has 1 nitrogen and oxygen atoms in total. The van der Waals surface area contributed by atoms with E-state index in [1.165, 1.54) is 80.6 Å². The normalized spacial score (nSPS) is 12.2. The van der Waals surface area contributed by atoms with E-state index >= 15 is 0 Å². The van der Waals surface area contributed by atoms with Gasteiger partial charge in [0.1, 0.15) is 0 Å². The van der Waals surface area contributed by atoms with Crippen LogP contribution in [0, 0.1) is 13.8 Å². The van der Waals surface area contributed by atoms with E-state index in [1.54, 1.807) is 0 Å². The molecular weight excluding hydrogens is 663 g/mol. The molecule has 268 valence electrons. The third-order valence-corrected chi connectivity index (χ3v) is 10.6. The summed E-state index contributed by atoms with van der Waals surface area (Å²) in [4.78, 5) is 2.42. The molecule has 0 unspecified atom stereocenters. The fraction of sp³-hybridized carbons (Fsp3) is 0.111. The molecule has 1 aliphatic carbocycles. The lowest BCUT2D eigenvalue weighted by Crippen LogP contribution is -2.12. The van der Waals surface area contributed by atoms with Gasteiger partial charge >= 0.3 is 0 Å². The van der Waals surface area contributed by atoms with Crippen molar-refractivity contribution in [3.05, 3.63) is 244 Å². The molecule has 55 heavy (non-hydrogen) atoms. The second-order valence-electron chi connectivity index (χ2n) is 14.6. The molecule has 8 rings (SSSR count). The quantitative estimate of drug-likeness (QED) is 0.101. The molecule has 0 radical (unpaired) electrons. The van der Waals surface area contributed by atoms with Gasteiger partial charge in [-0.15, -0.1) is 0 Å². The predicted molar refractivity (Wildman–Crippen MR) is 236 cm³/mol. The molecule has 0 saturated heterocycles. The Morgan fingerprint density at radius 3 is 1.60 bits per heavy atom. The summed E-state index contributed by atoms with van der Waals surface area (Å²) in [6.07, 6.45) is 13.8. The lowest BCUT2D eigenvalue weighted by atomic mass is 9.91. The van der Waals surface area contributed by atoms with E-state index in [-0.39, 0.29) is 0 Å². The molecule has 7 aromatic rings. The number of anilines is 3. The van der Waals surface area contributed by atoms with E-state index in [0.29, 0.717) is 0 Å². The molecule has 0 saturated carbocycles. The molecule has 0 aliphatic heterocycles. The maximum absolute atomic E-state index is 2.42. The molecule has 7 aromatic carbocycles. The van der Waals surface area contributed by atoms with Gasteiger partial charge in [0, 0.05) is 17.1 Å². The number of hydrogen-bond acceptors (Lipinski definition) is 1. The van der Waals surface area contributed by atoms with Crippen molar-refractivity contribution in [1.82, 2.24) is 0 Å². The van der Waals surface area contributed by atoms with Gasteiger partial charge in [-0.3, -0.25) is 0 Å². The van der Waals surface area contributed by atoms with Gasteiger partial charge in [0.2, 0.25) is 0 Å². The largest absolute Gasteiger partial charge is 0.310 e. The molecule has 0 heterocycles. The summed E-state index contributed by atoms with van der Waals surface area (Å²) in [6, 6.07) is 64.0. The van der Waals surface area contributed by atoms with Crippen LogP contribution in [0.15, 0.2) is 188 Å². The van der Waals surface area contributed by atoms with Crippen LogP contribution in [0.25, 0.3) is 23.3 Å². The zero-order chi connectivity index (χ0) is 37.4. The standard InChI is InChI=1S/C54H47N/c1-40-23-29-47(30-24-40)54(48-31-25-41(2)26-32-48)38-43-14-11-21-51(37-43)55(52-36-33-44-15-9-10-20-49(44)39-52)50-34-27-42(28-35-50)13-12-22-53(45-16-5-3-6-17-45)46-18-7-4-8-19-46/h3-8,11-14,16-19,21-39H,9-10,15,20H2,1-2H3/b13-12+. The van der Waals surface area contributed by atoms with Gasteiger partial charge in [0.15, 0.2) is 0 Å². The molecule has 0 N–H and O–H groups in total. The summed E-state index contributed by atoms with van der Waals surface area (Å²) in [5.41, 5.74) is 18.5. The van der Waals surface area contributed by atoms with E-state index in [9.17, 15) is 0 Å². The minimum atomic E-state index is 1.14. The molecule has 0 fully saturated rings. The Bertz CT molecular complexity index is 2360. The van der Waals surface area contributed by atoms with Crippen molar-refractivity contribution in [2.45, 2.75) is 39.5 Å². The van der Waals surface area contributed by atoms with Gasteiger partial charge in [0.25, 0.3) is 0 Å². The van der Waals surface area contributed by atoms with E-state index in [0.717, 1.165) is 28.9 Å². The van der Waals surface area contributed by atoms with Crippen LogP contribution < -0.4 is 4.90 Å². The molecule has 1 heteroatoms. The smallest absolute Gasteiger partial charge is 0.0467 e. The average Bonchev–Trinajstić information content (AvgIpc) is 3.24. The Balaban J connectivity index is 1.16. The number of benzene rings is 7. The summed E-state index contributed by atoms with van der Waals surface area (Å²) in [5.74, 6) is 0. The lowest BCUT2D eigenvalue weighted by molar-refractivity contribution is 0.685. The van der Waals surface area contributed by atoms with Crippen LogP contribution in [-0.4, -0.2) is 0 Å². The van der Waals surface area contributed by atoms with Gasteiger partial charge < -0.3 is 4.90 Å². The van der Waals surface area contributed by atoms with Gasteiger partial charge in [-0.2, -0.15) is 0 Å². The fourth-order valence-corrected chi connectivity index (χ4v) is 7.61. The van der Waals surface area contributed by atoms with E-state index in [4.69, 9.17) is 0 Å². The third kappa shape index (κ3) is 8.53. The Labute approximate surface area is 327 Å². The number of rotatable bonds is 10. The second kappa shape index (κ2) is 16.7. The summed E-state index contributed by atoms with van der Waals surface area (Å²) < 4.78 is 0. The van der Waals surface area contributed by atoms with Crippen LogP contribution in [0.4, 0.5) is 17.1 Å². The molecule has 1 aliphatic rings. The molecule has 0 bridgehead atoms. The van der Waals surface area contributed by atoms with E-state index in [1.807, 2.05) is 0 Å². The number of fused-ring (bicyclic) bond motifs is 1. The highest BCUT2D eigenvalue weighted by molar-refractivity contribution is 5.92. The van der Waals surface area contributed by atoms with Crippen molar-refractivity contribution in [2.75, 3.05) is 4.90 Å². The predicted octanol–water partition coefficient (Wildman–Crippen LogP) is 14.4. The zero-order valence-electron chi connectivity index (χ0n) is 31.8. The Kier molecular flexibility index (Phi) is 10.8. The molecular formula is C54H47N. The minimum absolute atomic E-state index is 1.14. The van der Waals surface area contributed by atoms with Gasteiger partial charge in [-0.25, -0.2) is 0 Å². The van der Waals surface area contributed by atoms with Crippen LogP contribution in [-0.2, 0) is 12.8 Å². The number of hydrogen-bond donors (Lipinski definition) is 0. The maximum atomic E-state index is 2.42. The number of aryl methyl sites for hydroxylation is 4. The molecule has 0 amide bonds. The zero-order valence-corrected chi connectivity index (χ0v) is 31.8. The first-order valence-corrected chi connectivity index (χ1v) is 19.5. The van der Waals surface area contributed by atoms with Gasteiger partial charge in [-0.1, -0.05) is 169 Å². The van der Waals surface area contributed by atoms with Crippen molar-refractivity contribution in [3.8, 4) is 0 Å². The van der Waals surface area contributed by atoms with Crippen molar-refractivity contribution in [3.63, 3.8) is 0 Å². The van der Waals surface area contributed by atoms with Gasteiger partial charge in [0.05, 0.1) is 0 Å². The Morgan fingerprint density at radius 1 is 0.436 bits per heavy atom. The molecule has 0 atom stereocenters. The summed E-state index contributed by atoms with van der Waals surface area (Å²) in [5, 5.41) is 0. The summed E-state index contributed by atoms with van der Waals surface area (Å²) in [6.45, 7) is 4.29. The minimum Gasteiger partial charge on any atom is -0.310 e. The number of allylic oxidation sites excluding steroid dienone is 2. The first kappa shape index (κ1) is 35.6. The highest BCUT2D eigenvalue weighted by Gasteiger charge is 2.17. The van der Waals surface area contributed by atoms with Gasteiger partial charge in [-0.05, 0) is 138 Å². The van der Waals surface area contributed by atoms with Crippen molar-refractivity contribution in [1.29, 1.82) is 0 Å². The van der Waals surface area contributed by atoms with Crippen LogP contribution in [0.3, 0.4) is 0 Å². The van der Waals surface area contributed by atoms with Crippen LogP contribution in [0.5, 0.6) is 0 Å². The Hall–Kier alpha value is -6.44. The monoisotopic (exact) mass is 709 g/mol. The summed E-state index contributed by atoms with van der Waals surface area (Å²) in [7, 11) is 0. The topological polar surface area (TPSA) is 3.24 Å². The first-order chi connectivity index (χ1) is 27.1.